The van der Waals surface area contributed by atoms with Crippen molar-refractivity contribution >= 4 is 12.0 Å². The van der Waals surface area contributed by atoms with Gasteiger partial charge in [-0.2, -0.15) is 0 Å². The summed E-state index contributed by atoms with van der Waals surface area (Å²) < 4.78 is 0. The van der Waals surface area contributed by atoms with Crippen molar-refractivity contribution in [3.8, 4) is 0 Å². The van der Waals surface area contributed by atoms with Gasteiger partial charge in [0.25, 0.3) is 0 Å². The molecule has 1 heterocycles. The molecule has 1 saturated heterocycles. The first-order valence-corrected chi connectivity index (χ1v) is 6.76. The predicted molar refractivity (Wildman–Crippen MR) is 69.5 cm³/mol. The highest BCUT2D eigenvalue weighted by Gasteiger charge is 2.31. The lowest BCUT2D eigenvalue weighted by Crippen LogP contribution is -2.48. The Morgan fingerprint density at radius 3 is 2.56 bits per heavy atom. The van der Waals surface area contributed by atoms with E-state index in [-0.39, 0.29) is 18.6 Å². The SMILES string of the molecule is CCC1CCN(C(=O)N(CC(=O)O)C(C)CC)C1. The lowest BCUT2D eigenvalue weighted by Gasteiger charge is -2.31. The normalized spacial score (nSPS) is 20.8. The van der Waals surface area contributed by atoms with Crippen LogP contribution in [0.1, 0.15) is 40.0 Å². The number of likely N-dealkylation sites (tertiary alicyclic amines) is 1. The minimum atomic E-state index is -0.949. The Balaban J connectivity index is 2.67. The molecule has 1 rings (SSSR count). The predicted octanol–water partition coefficient (Wildman–Crippen LogP) is 2.02. The molecule has 0 aromatic rings. The first kappa shape index (κ1) is 14.8. The van der Waals surface area contributed by atoms with E-state index in [9.17, 15) is 9.59 Å². The number of hydrogen-bond acceptors (Lipinski definition) is 2. The lowest BCUT2D eigenvalue weighted by atomic mass is 10.1. The van der Waals surface area contributed by atoms with E-state index in [2.05, 4.69) is 6.92 Å². The molecule has 104 valence electrons. The average molecular weight is 256 g/mol. The summed E-state index contributed by atoms with van der Waals surface area (Å²) in [5.41, 5.74) is 0. The van der Waals surface area contributed by atoms with Gasteiger partial charge in [-0.1, -0.05) is 20.3 Å². The fraction of sp³-hybridized carbons (Fsp3) is 0.846. The quantitative estimate of drug-likeness (QED) is 0.818. The van der Waals surface area contributed by atoms with Gasteiger partial charge in [0.15, 0.2) is 0 Å². The number of aliphatic carboxylic acids is 1. The largest absolute Gasteiger partial charge is 0.480 e. The van der Waals surface area contributed by atoms with E-state index < -0.39 is 5.97 Å². The molecule has 0 bridgehead atoms. The Bertz CT molecular complexity index is 307. The van der Waals surface area contributed by atoms with E-state index in [0.29, 0.717) is 5.92 Å². The van der Waals surface area contributed by atoms with Gasteiger partial charge in [-0.3, -0.25) is 4.79 Å². The molecule has 0 aliphatic carbocycles. The molecular formula is C13H24N2O3. The molecule has 2 unspecified atom stereocenters. The Hall–Kier alpha value is -1.26. The van der Waals surface area contributed by atoms with Crippen LogP contribution in [0.25, 0.3) is 0 Å². The van der Waals surface area contributed by atoms with E-state index >= 15 is 0 Å². The van der Waals surface area contributed by atoms with Gasteiger partial charge in [0.2, 0.25) is 0 Å². The van der Waals surface area contributed by atoms with Crippen molar-refractivity contribution in [3.05, 3.63) is 0 Å². The van der Waals surface area contributed by atoms with Gasteiger partial charge in [-0.15, -0.1) is 0 Å². The van der Waals surface area contributed by atoms with Crippen LogP contribution in [-0.2, 0) is 4.79 Å². The maximum atomic E-state index is 12.3. The van der Waals surface area contributed by atoms with E-state index in [0.717, 1.165) is 32.4 Å². The molecule has 1 aliphatic heterocycles. The summed E-state index contributed by atoms with van der Waals surface area (Å²) >= 11 is 0. The zero-order valence-electron chi connectivity index (χ0n) is 11.6. The van der Waals surface area contributed by atoms with Gasteiger partial charge in [0.05, 0.1) is 0 Å². The highest BCUT2D eigenvalue weighted by molar-refractivity contribution is 5.80. The topological polar surface area (TPSA) is 60.9 Å². The molecule has 0 saturated carbocycles. The van der Waals surface area contributed by atoms with Crippen LogP contribution < -0.4 is 0 Å². The number of carboxylic acids is 1. The van der Waals surface area contributed by atoms with Gasteiger partial charge >= 0.3 is 12.0 Å². The van der Waals surface area contributed by atoms with Crippen LogP contribution in [0.4, 0.5) is 4.79 Å². The first-order chi connectivity index (χ1) is 8.49. The molecule has 1 aliphatic rings. The smallest absolute Gasteiger partial charge is 0.323 e. The molecule has 5 heteroatoms. The summed E-state index contributed by atoms with van der Waals surface area (Å²) in [7, 11) is 0. The number of carboxylic acid groups (broad SMARTS) is 1. The van der Waals surface area contributed by atoms with Gasteiger partial charge in [-0.05, 0) is 25.7 Å². The summed E-state index contributed by atoms with van der Waals surface area (Å²) in [4.78, 5) is 26.5. The van der Waals surface area contributed by atoms with E-state index in [1.54, 1.807) is 4.90 Å². The van der Waals surface area contributed by atoms with E-state index in [1.807, 2.05) is 13.8 Å². The average Bonchev–Trinajstić information content (AvgIpc) is 2.82. The van der Waals surface area contributed by atoms with Crippen molar-refractivity contribution in [1.29, 1.82) is 0 Å². The highest BCUT2D eigenvalue weighted by Crippen LogP contribution is 2.21. The molecule has 0 aromatic carbocycles. The van der Waals surface area contributed by atoms with Gasteiger partial charge in [0, 0.05) is 19.1 Å². The highest BCUT2D eigenvalue weighted by atomic mass is 16.4. The van der Waals surface area contributed by atoms with E-state index in [4.69, 9.17) is 5.11 Å². The van der Waals surface area contributed by atoms with Crippen molar-refractivity contribution in [2.24, 2.45) is 5.92 Å². The molecule has 0 radical (unpaired) electrons. The zero-order chi connectivity index (χ0) is 13.7. The third-order valence-corrected chi connectivity index (χ3v) is 3.81. The molecule has 1 fully saturated rings. The number of rotatable bonds is 5. The van der Waals surface area contributed by atoms with Crippen molar-refractivity contribution in [3.63, 3.8) is 0 Å². The summed E-state index contributed by atoms with van der Waals surface area (Å²) in [5, 5.41) is 8.91. The summed E-state index contributed by atoms with van der Waals surface area (Å²) in [6, 6.07) is -0.156. The number of hydrogen-bond donors (Lipinski definition) is 1. The summed E-state index contributed by atoms with van der Waals surface area (Å²) in [6.45, 7) is 7.30. The Morgan fingerprint density at radius 2 is 2.11 bits per heavy atom. The minimum Gasteiger partial charge on any atom is -0.480 e. The van der Waals surface area contributed by atoms with Crippen molar-refractivity contribution in [2.45, 2.75) is 46.1 Å². The second-order valence-corrected chi connectivity index (χ2v) is 5.07. The molecule has 0 aromatic heterocycles. The van der Waals surface area contributed by atoms with Crippen LogP contribution in [0.2, 0.25) is 0 Å². The Morgan fingerprint density at radius 1 is 1.44 bits per heavy atom. The van der Waals surface area contributed by atoms with Crippen LogP contribution >= 0.6 is 0 Å². The molecular weight excluding hydrogens is 232 g/mol. The van der Waals surface area contributed by atoms with Gasteiger partial charge < -0.3 is 14.9 Å². The number of carbonyl (C=O) groups excluding carboxylic acids is 1. The lowest BCUT2D eigenvalue weighted by molar-refractivity contribution is -0.138. The monoisotopic (exact) mass is 256 g/mol. The Kier molecular flexibility index (Phi) is 5.44. The molecule has 2 amide bonds. The maximum absolute atomic E-state index is 12.3. The van der Waals surface area contributed by atoms with Crippen LogP contribution in [-0.4, -0.2) is 52.6 Å². The number of urea groups is 1. The van der Waals surface area contributed by atoms with Crippen LogP contribution in [0, 0.1) is 5.92 Å². The molecule has 18 heavy (non-hydrogen) atoms. The maximum Gasteiger partial charge on any atom is 0.323 e. The fourth-order valence-corrected chi connectivity index (χ4v) is 2.30. The third kappa shape index (κ3) is 3.62. The van der Waals surface area contributed by atoms with Gasteiger partial charge in [0.1, 0.15) is 6.54 Å². The van der Waals surface area contributed by atoms with Crippen LogP contribution in [0.15, 0.2) is 0 Å². The first-order valence-electron chi connectivity index (χ1n) is 6.76. The standard InChI is InChI=1S/C13H24N2O3/c1-4-10(3)15(9-12(16)17)13(18)14-7-6-11(5-2)8-14/h10-11H,4-9H2,1-3H3,(H,16,17). The van der Waals surface area contributed by atoms with Crippen LogP contribution in [0.5, 0.6) is 0 Å². The summed E-state index contributed by atoms with van der Waals surface area (Å²) in [5.74, 6) is -0.382. The van der Waals surface area contributed by atoms with Crippen molar-refractivity contribution in [2.75, 3.05) is 19.6 Å². The van der Waals surface area contributed by atoms with Crippen LogP contribution in [0.3, 0.4) is 0 Å². The van der Waals surface area contributed by atoms with E-state index in [1.165, 1.54) is 4.90 Å². The molecule has 2 atom stereocenters. The third-order valence-electron chi connectivity index (χ3n) is 3.81. The molecule has 1 N–H and O–H groups in total. The minimum absolute atomic E-state index is 0.0331. The molecule has 0 spiro atoms. The number of amides is 2. The second kappa shape index (κ2) is 6.61. The second-order valence-electron chi connectivity index (χ2n) is 5.07. The summed E-state index contributed by atoms with van der Waals surface area (Å²) in [6.07, 6.45) is 2.87. The zero-order valence-corrected chi connectivity index (χ0v) is 11.6. The Labute approximate surface area is 109 Å². The van der Waals surface area contributed by atoms with Gasteiger partial charge in [-0.25, -0.2) is 4.79 Å². The van der Waals surface area contributed by atoms with Crippen molar-refractivity contribution < 1.29 is 14.7 Å². The fourth-order valence-electron chi connectivity index (χ4n) is 2.30. The van der Waals surface area contributed by atoms with Crippen molar-refractivity contribution in [1.82, 2.24) is 9.80 Å². The molecule has 5 nitrogen and oxygen atoms in total. The number of carbonyl (C=O) groups is 2. The number of nitrogens with zero attached hydrogens (tertiary/aromatic N) is 2.